The molecule has 0 aliphatic rings. The monoisotopic (exact) mass is 235 g/mol. The molecule has 0 atom stereocenters. The molecular weight excluding hydrogens is 222 g/mol. The van der Waals surface area contributed by atoms with Gasteiger partial charge in [-0.1, -0.05) is 5.92 Å². The molecule has 0 amide bonds. The molecule has 1 aromatic heterocycles. The maximum absolute atomic E-state index is 10.8. The van der Waals surface area contributed by atoms with E-state index in [1.54, 1.807) is 13.8 Å². The molecule has 0 aliphatic heterocycles. The van der Waals surface area contributed by atoms with Gasteiger partial charge in [0.15, 0.2) is 0 Å². The number of aromatic nitrogens is 1. The molecule has 0 bridgehead atoms. The molecule has 0 spiro atoms. The van der Waals surface area contributed by atoms with E-state index in [0.717, 1.165) is 0 Å². The summed E-state index contributed by atoms with van der Waals surface area (Å²) in [6, 6.07) is 2.74. The summed E-state index contributed by atoms with van der Waals surface area (Å²) in [5.74, 6) is 2.86. The van der Waals surface area contributed by atoms with Crippen LogP contribution in [0.1, 0.15) is 13.8 Å². The minimum atomic E-state index is -0.732. The molecule has 1 rings (SSSR count). The van der Waals surface area contributed by atoms with Crippen LogP contribution in [0.25, 0.3) is 0 Å². The Labute approximate surface area is 99.2 Å². The van der Waals surface area contributed by atoms with Crippen LogP contribution in [0.5, 0.6) is 5.88 Å². The van der Waals surface area contributed by atoms with E-state index >= 15 is 0 Å². The molecule has 6 heteroatoms. The Morgan fingerprint density at radius 3 is 2.71 bits per heavy atom. The van der Waals surface area contributed by atoms with E-state index in [4.69, 9.17) is 11.2 Å². The zero-order valence-corrected chi connectivity index (χ0v) is 9.85. The Morgan fingerprint density at radius 2 is 2.24 bits per heavy atom. The Balaban J connectivity index is 3.19. The molecule has 0 saturated heterocycles. The molecule has 0 radical (unpaired) electrons. The van der Waals surface area contributed by atoms with E-state index in [1.165, 1.54) is 19.2 Å². The average Bonchev–Trinajstić information content (AvgIpc) is 2.28. The zero-order valence-electron chi connectivity index (χ0n) is 9.85. The lowest BCUT2D eigenvalue weighted by molar-refractivity contribution is -0.384. The lowest BCUT2D eigenvalue weighted by atomic mass is 10.1. The van der Waals surface area contributed by atoms with Gasteiger partial charge in [0.2, 0.25) is 11.7 Å². The standard InChI is InChI=1S/C11H13N3O3/c1-5-11(2,3)13-10-8(14(15)16)6-7-9(12-10)17-4/h1,6-7H,2-4H3,(H,12,13). The number of nitro groups is 1. The molecule has 1 N–H and O–H groups in total. The fraction of sp³-hybridized carbons (Fsp3) is 0.364. The molecule has 0 unspecified atom stereocenters. The van der Waals surface area contributed by atoms with Crippen LogP contribution in [0.2, 0.25) is 0 Å². The Bertz CT molecular complexity index is 477. The molecule has 1 aromatic rings. The first-order chi connectivity index (χ1) is 7.89. The molecule has 1 heterocycles. The maximum Gasteiger partial charge on any atom is 0.311 e. The first-order valence-corrected chi connectivity index (χ1v) is 4.85. The van der Waals surface area contributed by atoms with E-state index in [2.05, 4.69) is 16.2 Å². The number of ether oxygens (including phenoxy) is 1. The van der Waals surface area contributed by atoms with Crippen molar-refractivity contribution in [3.63, 3.8) is 0 Å². The van der Waals surface area contributed by atoms with Crippen LogP contribution in [-0.2, 0) is 0 Å². The van der Waals surface area contributed by atoms with Gasteiger partial charge >= 0.3 is 5.69 Å². The summed E-state index contributed by atoms with van der Waals surface area (Å²) in [4.78, 5) is 14.3. The second kappa shape index (κ2) is 4.70. The van der Waals surface area contributed by atoms with Gasteiger partial charge < -0.3 is 10.1 Å². The fourth-order valence-electron chi connectivity index (χ4n) is 1.12. The van der Waals surface area contributed by atoms with Crippen LogP contribution in [-0.4, -0.2) is 22.6 Å². The quantitative estimate of drug-likeness (QED) is 0.489. The average molecular weight is 235 g/mol. The van der Waals surface area contributed by atoms with Crippen LogP contribution in [0, 0.1) is 22.5 Å². The molecule has 17 heavy (non-hydrogen) atoms. The minimum Gasteiger partial charge on any atom is -0.481 e. The number of terminal acetylenes is 1. The van der Waals surface area contributed by atoms with Gasteiger partial charge in [0.25, 0.3) is 0 Å². The van der Waals surface area contributed by atoms with Crippen molar-refractivity contribution in [2.45, 2.75) is 19.4 Å². The van der Waals surface area contributed by atoms with Gasteiger partial charge in [-0.25, -0.2) is 0 Å². The largest absolute Gasteiger partial charge is 0.481 e. The number of nitrogens with one attached hydrogen (secondary N) is 1. The SMILES string of the molecule is C#CC(C)(C)Nc1nc(OC)ccc1[N+](=O)[O-]. The molecule has 6 nitrogen and oxygen atoms in total. The summed E-state index contributed by atoms with van der Waals surface area (Å²) in [5.41, 5.74) is -0.876. The van der Waals surface area contributed by atoms with E-state index in [0.29, 0.717) is 0 Å². The normalized spacial score (nSPS) is 10.5. The highest BCUT2D eigenvalue weighted by Crippen LogP contribution is 2.27. The summed E-state index contributed by atoms with van der Waals surface area (Å²) in [6.45, 7) is 3.44. The van der Waals surface area contributed by atoms with Crippen molar-refractivity contribution in [3.8, 4) is 18.2 Å². The van der Waals surface area contributed by atoms with Gasteiger partial charge in [-0.15, -0.1) is 6.42 Å². The summed E-state index contributed by atoms with van der Waals surface area (Å²) < 4.78 is 4.91. The molecule has 90 valence electrons. The van der Waals surface area contributed by atoms with Crippen LogP contribution < -0.4 is 10.1 Å². The fourth-order valence-corrected chi connectivity index (χ4v) is 1.12. The predicted molar refractivity (Wildman–Crippen MR) is 64.0 cm³/mol. The van der Waals surface area contributed by atoms with Crippen molar-refractivity contribution in [1.29, 1.82) is 0 Å². The number of hydrogen-bond donors (Lipinski definition) is 1. The highest BCUT2D eigenvalue weighted by Gasteiger charge is 2.22. The number of anilines is 1. The minimum absolute atomic E-state index is 0.0947. The van der Waals surface area contributed by atoms with Crippen LogP contribution >= 0.6 is 0 Å². The summed E-state index contributed by atoms with van der Waals surface area (Å²) in [5, 5.41) is 13.7. The second-order valence-corrected chi connectivity index (χ2v) is 3.87. The number of hydrogen-bond acceptors (Lipinski definition) is 5. The van der Waals surface area contributed by atoms with E-state index in [-0.39, 0.29) is 17.4 Å². The Morgan fingerprint density at radius 1 is 1.59 bits per heavy atom. The summed E-state index contributed by atoms with van der Waals surface area (Å²) >= 11 is 0. The van der Waals surface area contributed by atoms with Crippen molar-refractivity contribution in [2.24, 2.45) is 0 Å². The van der Waals surface area contributed by atoms with Crippen molar-refractivity contribution in [1.82, 2.24) is 4.98 Å². The second-order valence-electron chi connectivity index (χ2n) is 3.87. The maximum atomic E-state index is 10.8. The number of rotatable bonds is 4. The van der Waals surface area contributed by atoms with Crippen molar-refractivity contribution >= 4 is 11.5 Å². The van der Waals surface area contributed by atoms with Gasteiger partial charge in [0.05, 0.1) is 17.6 Å². The Hall–Kier alpha value is -2.29. The topological polar surface area (TPSA) is 77.3 Å². The zero-order chi connectivity index (χ0) is 13.1. The molecule has 0 fully saturated rings. The van der Waals surface area contributed by atoms with Crippen LogP contribution in [0.3, 0.4) is 0 Å². The smallest absolute Gasteiger partial charge is 0.311 e. The summed E-state index contributed by atoms with van der Waals surface area (Å²) in [7, 11) is 1.43. The molecule has 0 aliphatic carbocycles. The number of methoxy groups -OCH3 is 1. The first kappa shape index (κ1) is 12.8. The third kappa shape index (κ3) is 3.08. The third-order valence-corrected chi connectivity index (χ3v) is 2.05. The van der Waals surface area contributed by atoms with Crippen molar-refractivity contribution < 1.29 is 9.66 Å². The van der Waals surface area contributed by atoms with E-state index in [9.17, 15) is 10.1 Å². The number of nitrogens with zero attached hydrogens (tertiary/aromatic N) is 2. The van der Waals surface area contributed by atoms with E-state index in [1.807, 2.05) is 0 Å². The highest BCUT2D eigenvalue weighted by molar-refractivity contribution is 5.59. The number of pyridine rings is 1. The van der Waals surface area contributed by atoms with Gasteiger partial charge in [-0.2, -0.15) is 4.98 Å². The van der Waals surface area contributed by atoms with Gasteiger partial charge in [0, 0.05) is 12.1 Å². The van der Waals surface area contributed by atoms with Crippen molar-refractivity contribution in [3.05, 3.63) is 22.2 Å². The van der Waals surface area contributed by atoms with E-state index < -0.39 is 10.5 Å². The Kier molecular flexibility index (Phi) is 3.53. The van der Waals surface area contributed by atoms with Crippen LogP contribution in [0.15, 0.2) is 12.1 Å². The lowest BCUT2D eigenvalue weighted by Gasteiger charge is -2.20. The lowest BCUT2D eigenvalue weighted by Crippen LogP contribution is -2.29. The van der Waals surface area contributed by atoms with Crippen LogP contribution in [0.4, 0.5) is 11.5 Å². The molecule has 0 saturated carbocycles. The van der Waals surface area contributed by atoms with Crippen molar-refractivity contribution in [2.75, 3.05) is 12.4 Å². The molecule has 0 aromatic carbocycles. The predicted octanol–water partition coefficient (Wildman–Crippen LogP) is 1.82. The van der Waals surface area contributed by atoms with Gasteiger partial charge in [-0.05, 0) is 13.8 Å². The van der Waals surface area contributed by atoms with Gasteiger partial charge in [-0.3, -0.25) is 10.1 Å². The summed E-state index contributed by atoms with van der Waals surface area (Å²) in [6.07, 6.45) is 5.31. The molecular formula is C11H13N3O3. The third-order valence-electron chi connectivity index (χ3n) is 2.05. The first-order valence-electron chi connectivity index (χ1n) is 4.85. The van der Waals surface area contributed by atoms with Gasteiger partial charge in [0.1, 0.15) is 0 Å². The highest BCUT2D eigenvalue weighted by atomic mass is 16.6.